The summed E-state index contributed by atoms with van der Waals surface area (Å²) in [6, 6.07) is 0. The van der Waals surface area contributed by atoms with Crippen LogP contribution < -0.4 is 0 Å². The number of hydrogen-bond acceptors (Lipinski definition) is 7. The molecule has 0 unspecified atom stereocenters. The van der Waals surface area contributed by atoms with E-state index in [9.17, 15) is 18.3 Å². The van der Waals surface area contributed by atoms with Crippen molar-refractivity contribution in [3.63, 3.8) is 0 Å². The van der Waals surface area contributed by atoms with Crippen molar-refractivity contribution in [2.24, 2.45) is 11.3 Å². The minimum Gasteiger partial charge on any atom is -0.481 e. The maximum atomic E-state index is 11.8. The molecule has 3 heterocycles. The number of aryl methyl sites for hydroxylation is 1. The van der Waals surface area contributed by atoms with Gasteiger partial charge in [-0.1, -0.05) is 0 Å². The predicted molar refractivity (Wildman–Crippen MR) is 74.3 cm³/mol. The summed E-state index contributed by atoms with van der Waals surface area (Å²) < 4.78 is 30.0. The third kappa shape index (κ3) is 2.50. The largest absolute Gasteiger partial charge is 0.481 e. The lowest BCUT2D eigenvalue weighted by Crippen LogP contribution is -2.41. The second kappa shape index (κ2) is 5.00. The van der Waals surface area contributed by atoms with Crippen LogP contribution in [0, 0.1) is 18.3 Å². The van der Waals surface area contributed by atoms with Gasteiger partial charge in [-0.25, -0.2) is 12.7 Å². The molecule has 1 aromatic rings. The van der Waals surface area contributed by atoms with Crippen LogP contribution in [0.5, 0.6) is 0 Å². The zero-order valence-corrected chi connectivity index (χ0v) is 13.2. The number of aromatic nitrogens is 2. The number of carboxylic acid groups (broad SMARTS) is 1. The molecule has 2 atom stereocenters. The van der Waals surface area contributed by atoms with Gasteiger partial charge in [0.25, 0.3) is 0 Å². The van der Waals surface area contributed by atoms with E-state index < -0.39 is 21.4 Å². The van der Waals surface area contributed by atoms with Crippen LogP contribution in [0.2, 0.25) is 0 Å². The highest BCUT2D eigenvalue weighted by Crippen LogP contribution is 2.43. The van der Waals surface area contributed by atoms with E-state index in [1.54, 1.807) is 6.92 Å². The lowest BCUT2D eigenvalue weighted by Gasteiger charge is -2.24. The molecule has 122 valence electrons. The number of hydrogen-bond donors (Lipinski definition) is 1. The number of sulfonamides is 1. The maximum Gasteiger partial charge on any atom is 0.312 e. The Balaban J connectivity index is 1.78. The highest BCUT2D eigenvalue weighted by molar-refractivity contribution is 7.88. The molecule has 2 aliphatic heterocycles. The van der Waals surface area contributed by atoms with E-state index in [0.29, 0.717) is 24.9 Å². The average Bonchev–Trinajstić information content (AvgIpc) is 3.01. The topological polar surface area (TPSA) is 117 Å². The minimum atomic E-state index is -3.38. The Bertz CT molecular complexity index is 702. The van der Waals surface area contributed by atoms with Crippen LogP contribution in [0.15, 0.2) is 4.42 Å². The molecule has 0 amide bonds. The molecule has 2 aliphatic rings. The van der Waals surface area contributed by atoms with E-state index in [1.807, 2.05) is 4.90 Å². The standard InChI is InChI=1S/C12H18N4O5S/c1-8-13-14-10(21-8)5-15-3-9-4-16(22(2,19)20)7-12(9,6-15)11(17)18/h9H,3-7H2,1-2H3,(H,17,18)/t9-,12-/m0/s1. The molecule has 1 aromatic heterocycles. The van der Waals surface area contributed by atoms with Gasteiger partial charge in [-0.2, -0.15) is 0 Å². The van der Waals surface area contributed by atoms with Crippen LogP contribution >= 0.6 is 0 Å². The number of aliphatic carboxylic acids is 1. The molecule has 0 bridgehead atoms. The second-order valence-electron chi connectivity index (χ2n) is 6.10. The summed E-state index contributed by atoms with van der Waals surface area (Å²) in [6.45, 7) is 3.11. The lowest BCUT2D eigenvalue weighted by molar-refractivity contribution is -0.148. The van der Waals surface area contributed by atoms with Gasteiger partial charge in [-0.15, -0.1) is 10.2 Å². The summed E-state index contributed by atoms with van der Waals surface area (Å²) in [5.74, 6) is -0.278. The van der Waals surface area contributed by atoms with Gasteiger partial charge in [-0.05, 0) is 0 Å². The van der Waals surface area contributed by atoms with Crippen LogP contribution in [0.3, 0.4) is 0 Å². The molecular formula is C12H18N4O5S. The smallest absolute Gasteiger partial charge is 0.312 e. The van der Waals surface area contributed by atoms with Gasteiger partial charge in [0.15, 0.2) is 0 Å². The fourth-order valence-electron chi connectivity index (χ4n) is 3.39. The highest BCUT2D eigenvalue weighted by atomic mass is 32.2. The number of carbonyl (C=O) groups is 1. The number of likely N-dealkylation sites (tertiary alicyclic amines) is 1. The molecular weight excluding hydrogens is 312 g/mol. The third-order valence-corrected chi connectivity index (χ3v) is 5.69. The molecule has 3 rings (SSSR count). The number of carboxylic acids is 1. The van der Waals surface area contributed by atoms with Gasteiger partial charge in [0, 0.05) is 39.0 Å². The number of rotatable bonds is 4. The van der Waals surface area contributed by atoms with Gasteiger partial charge in [0.2, 0.25) is 21.8 Å². The van der Waals surface area contributed by atoms with Crippen LogP contribution in [0.1, 0.15) is 11.8 Å². The van der Waals surface area contributed by atoms with Crippen molar-refractivity contribution < 1.29 is 22.7 Å². The fraction of sp³-hybridized carbons (Fsp3) is 0.750. The summed E-state index contributed by atoms with van der Waals surface area (Å²) >= 11 is 0. The van der Waals surface area contributed by atoms with E-state index in [4.69, 9.17) is 4.42 Å². The predicted octanol–water partition coefficient (Wildman–Crippen LogP) is -0.844. The summed E-state index contributed by atoms with van der Waals surface area (Å²) in [5, 5.41) is 17.3. The zero-order chi connectivity index (χ0) is 16.1. The van der Waals surface area contributed by atoms with E-state index in [-0.39, 0.29) is 25.6 Å². The molecule has 0 aliphatic carbocycles. The molecule has 0 aromatic carbocycles. The Labute approximate surface area is 128 Å². The van der Waals surface area contributed by atoms with Crippen LogP contribution in [0.4, 0.5) is 0 Å². The second-order valence-corrected chi connectivity index (χ2v) is 8.08. The molecule has 9 nitrogen and oxygen atoms in total. The maximum absolute atomic E-state index is 11.8. The van der Waals surface area contributed by atoms with Crippen LogP contribution in [-0.2, 0) is 21.4 Å². The van der Waals surface area contributed by atoms with E-state index in [0.717, 1.165) is 6.26 Å². The molecule has 22 heavy (non-hydrogen) atoms. The first-order valence-corrected chi connectivity index (χ1v) is 8.75. The molecule has 0 spiro atoms. The molecule has 0 saturated carbocycles. The molecule has 2 fully saturated rings. The van der Waals surface area contributed by atoms with E-state index in [2.05, 4.69) is 10.2 Å². The van der Waals surface area contributed by atoms with Gasteiger partial charge in [0.05, 0.1) is 18.2 Å². The van der Waals surface area contributed by atoms with Crippen molar-refractivity contribution in [2.75, 3.05) is 32.4 Å². The lowest BCUT2D eigenvalue weighted by atomic mass is 9.81. The Morgan fingerprint density at radius 3 is 2.64 bits per heavy atom. The first kappa shape index (κ1) is 15.4. The summed E-state index contributed by atoms with van der Waals surface area (Å²) in [4.78, 5) is 13.7. The number of nitrogens with zero attached hydrogens (tertiary/aromatic N) is 4. The van der Waals surface area contributed by atoms with Crippen molar-refractivity contribution in [3.05, 3.63) is 11.8 Å². The quantitative estimate of drug-likeness (QED) is 0.759. The number of fused-ring (bicyclic) bond motifs is 1. The van der Waals surface area contributed by atoms with Crippen molar-refractivity contribution in [1.82, 2.24) is 19.4 Å². The van der Waals surface area contributed by atoms with Gasteiger partial charge in [0.1, 0.15) is 0 Å². The van der Waals surface area contributed by atoms with Crippen LogP contribution in [0.25, 0.3) is 0 Å². The monoisotopic (exact) mass is 330 g/mol. The highest BCUT2D eigenvalue weighted by Gasteiger charge is 2.59. The van der Waals surface area contributed by atoms with E-state index in [1.165, 1.54) is 4.31 Å². The van der Waals surface area contributed by atoms with E-state index >= 15 is 0 Å². The van der Waals surface area contributed by atoms with Crippen molar-refractivity contribution in [1.29, 1.82) is 0 Å². The van der Waals surface area contributed by atoms with Gasteiger partial charge >= 0.3 is 5.97 Å². The van der Waals surface area contributed by atoms with Crippen molar-refractivity contribution in [3.8, 4) is 0 Å². The SMILES string of the molecule is Cc1nnc(CN2C[C@H]3CN(S(C)(=O)=O)C[C@@]3(C(=O)O)C2)o1. The Hall–Kier alpha value is -1.52. The van der Waals surface area contributed by atoms with Gasteiger partial charge < -0.3 is 9.52 Å². The Morgan fingerprint density at radius 2 is 2.14 bits per heavy atom. The molecule has 0 radical (unpaired) electrons. The van der Waals surface area contributed by atoms with Crippen molar-refractivity contribution in [2.45, 2.75) is 13.5 Å². The molecule has 2 saturated heterocycles. The Kier molecular flexibility index (Phi) is 3.49. The minimum absolute atomic E-state index is 0.0190. The first-order valence-electron chi connectivity index (χ1n) is 6.90. The normalized spacial score (nSPS) is 29.8. The zero-order valence-electron chi connectivity index (χ0n) is 12.4. The Morgan fingerprint density at radius 1 is 1.41 bits per heavy atom. The summed E-state index contributed by atoms with van der Waals surface area (Å²) in [6.07, 6.45) is 1.11. The van der Waals surface area contributed by atoms with Crippen LogP contribution in [-0.4, -0.2) is 71.3 Å². The average molecular weight is 330 g/mol. The summed E-state index contributed by atoms with van der Waals surface area (Å²) in [7, 11) is -3.38. The van der Waals surface area contributed by atoms with Gasteiger partial charge in [-0.3, -0.25) is 9.69 Å². The molecule has 10 heteroatoms. The fourth-order valence-corrected chi connectivity index (χ4v) is 4.31. The third-order valence-electron chi connectivity index (χ3n) is 4.47. The molecule has 1 N–H and O–H groups in total. The van der Waals surface area contributed by atoms with Crippen molar-refractivity contribution >= 4 is 16.0 Å². The summed E-state index contributed by atoms with van der Waals surface area (Å²) in [5.41, 5.74) is -1.06. The first-order chi connectivity index (χ1) is 10.2.